The molecule has 0 amide bonds. The second kappa shape index (κ2) is 23.0. The van der Waals surface area contributed by atoms with Crippen molar-refractivity contribution in [2.75, 3.05) is 0 Å². The first-order chi connectivity index (χ1) is 33.0. The molecule has 4 heterocycles. The Balaban J connectivity index is 0.000000227. The smallest absolute Gasteiger partial charge is 0.305 e. The predicted molar refractivity (Wildman–Crippen MR) is 278 cm³/mol. The number of nitrogens with zero attached hydrogens (tertiary/aromatic N) is 6. The first kappa shape index (κ1) is 49.3. The van der Waals surface area contributed by atoms with Crippen LogP contribution in [0, 0.1) is 18.2 Å². The molecular formula is C62H53IrN6. The molecular weight excluding hydrogens is 1020 g/mol. The van der Waals surface area contributed by atoms with Gasteiger partial charge in [-0.3, -0.25) is 0 Å². The molecule has 0 spiro atoms. The molecule has 4 aromatic heterocycles. The molecule has 0 unspecified atom stereocenters. The Kier molecular flexibility index (Phi) is 16.4. The van der Waals surface area contributed by atoms with Crippen molar-refractivity contribution in [2.45, 2.75) is 52.4 Å². The second-order valence-electron chi connectivity index (χ2n) is 18.2. The van der Waals surface area contributed by atoms with Gasteiger partial charge in [0.1, 0.15) is 0 Å². The Hall–Kier alpha value is -7.57. The number of hydrogen-bond donors (Lipinski definition) is 0. The molecule has 0 radical (unpaired) electrons. The Morgan fingerprint density at radius 2 is 0.754 bits per heavy atom. The van der Waals surface area contributed by atoms with Crippen LogP contribution in [0.3, 0.4) is 0 Å². The summed E-state index contributed by atoms with van der Waals surface area (Å²) in [5, 5.41) is 0. The standard InChI is InChI=1S/C40H37N4.2C11H8N.Ir/c1-39(2,3)33-21-16-30(17-22-33)36-42-37(31-18-23-34(24-19-31)40(4,5)6)44-38(43-36)32-20-25-35(41-26-32)29-14-12-28(13-15-29)27-10-8-7-9-11-27;2*1-2-6-10(7-3-1)11-8-4-5-9-12-11;/h7-14,16-26H,1-6H3;2*1-6,8-9H;/q3*-1;+3. The van der Waals surface area contributed by atoms with Gasteiger partial charge in [-0.05, 0) is 51.2 Å². The van der Waals surface area contributed by atoms with E-state index < -0.39 is 0 Å². The van der Waals surface area contributed by atoms with Gasteiger partial charge in [-0.1, -0.05) is 168 Å². The molecule has 340 valence electrons. The Morgan fingerprint density at radius 1 is 0.333 bits per heavy atom. The average molecular weight is 1070 g/mol. The van der Waals surface area contributed by atoms with Crippen molar-refractivity contribution < 1.29 is 20.1 Å². The van der Waals surface area contributed by atoms with Crippen LogP contribution >= 0.6 is 0 Å². The summed E-state index contributed by atoms with van der Waals surface area (Å²) in [4.78, 5) is 28.0. The summed E-state index contributed by atoms with van der Waals surface area (Å²) in [6.07, 6.45) is 5.41. The van der Waals surface area contributed by atoms with Crippen LogP contribution in [-0.4, -0.2) is 29.9 Å². The number of aromatic nitrogens is 6. The molecule has 0 aliphatic heterocycles. The third-order valence-electron chi connectivity index (χ3n) is 11.2. The molecule has 0 fully saturated rings. The van der Waals surface area contributed by atoms with Gasteiger partial charge in [0.2, 0.25) is 0 Å². The summed E-state index contributed by atoms with van der Waals surface area (Å²) in [7, 11) is 0. The number of rotatable bonds is 7. The van der Waals surface area contributed by atoms with Crippen molar-refractivity contribution in [1.82, 2.24) is 29.9 Å². The quantitative estimate of drug-likeness (QED) is 0.148. The fraction of sp³-hybridized carbons (Fsp3) is 0.129. The van der Waals surface area contributed by atoms with E-state index in [9.17, 15) is 0 Å². The van der Waals surface area contributed by atoms with Gasteiger partial charge < -0.3 is 15.0 Å². The summed E-state index contributed by atoms with van der Waals surface area (Å²) in [6, 6.07) is 74.6. The molecule has 6 aromatic carbocycles. The number of pyridine rings is 3. The van der Waals surface area contributed by atoms with Crippen molar-refractivity contribution in [3.8, 4) is 79.1 Å². The van der Waals surface area contributed by atoms with Crippen molar-refractivity contribution in [2.24, 2.45) is 0 Å². The molecule has 10 aromatic rings. The molecule has 0 aliphatic rings. The van der Waals surface area contributed by atoms with Crippen LogP contribution in [0.4, 0.5) is 0 Å². The van der Waals surface area contributed by atoms with E-state index in [-0.39, 0.29) is 30.9 Å². The van der Waals surface area contributed by atoms with E-state index in [1.165, 1.54) is 16.7 Å². The van der Waals surface area contributed by atoms with Gasteiger partial charge in [0.15, 0.2) is 17.5 Å². The first-order valence-corrected chi connectivity index (χ1v) is 22.8. The van der Waals surface area contributed by atoms with Crippen molar-refractivity contribution >= 4 is 0 Å². The molecule has 0 saturated carbocycles. The van der Waals surface area contributed by atoms with E-state index in [0.717, 1.165) is 56.0 Å². The third kappa shape index (κ3) is 13.3. The monoisotopic (exact) mass is 1070 g/mol. The third-order valence-corrected chi connectivity index (χ3v) is 11.2. The molecule has 0 saturated heterocycles. The molecule has 0 aliphatic carbocycles. The van der Waals surface area contributed by atoms with E-state index in [1.54, 1.807) is 12.4 Å². The zero-order valence-corrected chi connectivity index (χ0v) is 42.1. The Morgan fingerprint density at radius 3 is 1.14 bits per heavy atom. The van der Waals surface area contributed by atoms with Gasteiger partial charge in [-0.25, -0.2) is 15.0 Å². The topological polar surface area (TPSA) is 77.3 Å². The largest absolute Gasteiger partial charge is 3.00 e. The van der Waals surface area contributed by atoms with Crippen LogP contribution < -0.4 is 0 Å². The molecule has 7 heteroatoms. The predicted octanol–water partition coefficient (Wildman–Crippen LogP) is 15.1. The van der Waals surface area contributed by atoms with Gasteiger partial charge in [0.05, 0.1) is 0 Å². The minimum atomic E-state index is 0. The molecule has 0 bridgehead atoms. The molecule has 10 rings (SSSR count). The van der Waals surface area contributed by atoms with Crippen LogP contribution in [0.25, 0.3) is 79.1 Å². The number of hydrogen-bond acceptors (Lipinski definition) is 6. The normalized spacial score (nSPS) is 10.9. The molecule has 0 atom stereocenters. The van der Waals surface area contributed by atoms with Gasteiger partial charge in [-0.15, -0.1) is 102 Å². The van der Waals surface area contributed by atoms with Crippen molar-refractivity contribution in [3.05, 3.63) is 242 Å². The molecule has 0 N–H and O–H groups in total. The molecule has 69 heavy (non-hydrogen) atoms. The summed E-state index contributed by atoms with van der Waals surface area (Å²) in [5.74, 6) is 1.87. The van der Waals surface area contributed by atoms with Gasteiger partial charge in [0.25, 0.3) is 0 Å². The van der Waals surface area contributed by atoms with Gasteiger partial charge in [-0.2, -0.15) is 0 Å². The molecule has 6 nitrogen and oxygen atoms in total. The fourth-order valence-corrected chi connectivity index (χ4v) is 7.23. The maximum Gasteiger partial charge on any atom is 3.00 e. The van der Waals surface area contributed by atoms with Crippen LogP contribution in [-0.2, 0) is 30.9 Å². The van der Waals surface area contributed by atoms with E-state index in [2.05, 4.69) is 143 Å². The maximum absolute atomic E-state index is 4.93. The zero-order valence-electron chi connectivity index (χ0n) is 39.7. The summed E-state index contributed by atoms with van der Waals surface area (Å²) in [5.41, 5.74) is 13.5. The zero-order chi connectivity index (χ0) is 47.4. The fourth-order valence-electron chi connectivity index (χ4n) is 7.23. The summed E-state index contributed by atoms with van der Waals surface area (Å²) < 4.78 is 0. The van der Waals surface area contributed by atoms with Gasteiger partial charge in [0, 0.05) is 35.3 Å². The van der Waals surface area contributed by atoms with Crippen LogP contribution in [0.5, 0.6) is 0 Å². The van der Waals surface area contributed by atoms with E-state index in [4.69, 9.17) is 19.9 Å². The SMILES string of the molecule is CC(C)(C)c1ccc(-c2nc(-c3ccc(C(C)(C)C)cc3)nc(-c3ccc(-c4[c-]cc(-c5ccccc5)cc4)nc3)n2)cc1.[Ir+3].[c-]1ccccc1-c1ccccn1.[c-]1ccccc1-c1ccccn1. The maximum atomic E-state index is 4.93. The Labute approximate surface area is 421 Å². The second-order valence-corrected chi connectivity index (χ2v) is 18.2. The minimum Gasteiger partial charge on any atom is -0.305 e. The van der Waals surface area contributed by atoms with Crippen LogP contribution in [0.2, 0.25) is 0 Å². The minimum absolute atomic E-state index is 0. The summed E-state index contributed by atoms with van der Waals surface area (Å²) >= 11 is 0. The first-order valence-electron chi connectivity index (χ1n) is 22.8. The average Bonchev–Trinajstić information content (AvgIpc) is 3.40. The van der Waals surface area contributed by atoms with Crippen molar-refractivity contribution in [3.63, 3.8) is 0 Å². The number of benzene rings is 6. The van der Waals surface area contributed by atoms with Crippen molar-refractivity contribution in [1.29, 1.82) is 0 Å². The van der Waals surface area contributed by atoms with E-state index >= 15 is 0 Å². The van der Waals surface area contributed by atoms with Gasteiger partial charge >= 0.3 is 20.1 Å². The van der Waals surface area contributed by atoms with E-state index in [1.807, 2.05) is 128 Å². The van der Waals surface area contributed by atoms with Crippen LogP contribution in [0.1, 0.15) is 52.7 Å². The van der Waals surface area contributed by atoms with E-state index in [0.29, 0.717) is 17.5 Å². The van der Waals surface area contributed by atoms with Crippen LogP contribution in [0.15, 0.2) is 213 Å². The summed E-state index contributed by atoms with van der Waals surface area (Å²) in [6.45, 7) is 13.3. The Bertz CT molecular complexity index is 2880.